The summed E-state index contributed by atoms with van der Waals surface area (Å²) in [4.78, 5) is 6.89. The number of nitrogens with two attached hydrogens (primary N) is 1. The monoisotopic (exact) mass is 252 g/mol. The van der Waals surface area contributed by atoms with Crippen molar-refractivity contribution in [2.75, 3.05) is 13.1 Å². The Labute approximate surface area is 109 Å². The fraction of sp³-hybridized carbons (Fsp3) is 0.846. The number of likely N-dealkylation sites (tertiary alicyclic amines) is 1. The molecule has 2 heterocycles. The summed E-state index contributed by atoms with van der Waals surface area (Å²) < 4.78 is 5.32. The molecule has 0 aliphatic carbocycles. The molecule has 0 aromatic carbocycles. The van der Waals surface area contributed by atoms with E-state index in [0.717, 1.165) is 37.8 Å². The van der Waals surface area contributed by atoms with Crippen LogP contribution in [0.2, 0.25) is 0 Å². The first-order valence-electron chi connectivity index (χ1n) is 6.97. The van der Waals surface area contributed by atoms with Gasteiger partial charge in [0.15, 0.2) is 5.82 Å². The second kappa shape index (κ2) is 6.29. The van der Waals surface area contributed by atoms with Gasteiger partial charge >= 0.3 is 0 Å². The SMILES string of the molecule is CC(C)c1noc(CN2CCCCC2CCN)n1. The number of nitrogens with zero attached hydrogens (tertiary/aromatic N) is 3. The zero-order valence-corrected chi connectivity index (χ0v) is 11.4. The van der Waals surface area contributed by atoms with Crippen LogP contribution in [0.15, 0.2) is 4.52 Å². The Morgan fingerprint density at radius 3 is 2.94 bits per heavy atom. The van der Waals surface area contributed by atoms with Crippen molar-refractivity contribution >= 4 is 0 Å². The minimum absolute atomic E-state index is 0.323. The molecule has 1 unspecified atom stereocenters. The molecule has 0 spiro atoms. The topological polar surface area (TPSA) is 68.2 Å². The highest BCUT2D eigenvalue weighted by Crippen LogP contribution is 2.21. The maximum Gasteiger partial charge on any atom is 0.240 e. The second-order valence-corrected chi connectivity index (χ2v) is 5.40. The van der Waals surface area contributed by atoms with Gasteiger partial charge in [-0.25, -0.2) is 0 Å². The van der Waals surface area contributed by atoms with E-state index in [-0.39, 0.29) is 0 Å². The number of hydrogen-bond donors (Lipinski definition) is 1. The number of piperidine rings is 1. The van der Waals surface area contributed by atoms with Crippen LogP contribution in [0, 0.1) is 0 Å². The zero-order valence-electron chi connectivity index (χ0n) is 11.4. The molecule has 1 fully saturated rings. The van der Waals surface area contributed by atoms with Crippen LogP contribution in [0.25, 0.3) is 0 Å². The Balaban J connectivity index is 1.97. The molecule has 18 heavy (non-hydrogen) atoms. The van der Waals surface area contributed by atoms with Crippen molar-refractivity contribution in [3.8, 4) is 0 Å². The van der Waals surface area contributed by atoms with Crippen LogP contribution < -0.4 is 5.73 Å². The van der Waals surface area contributed by atoms with Crippen LogP contribution in [0.1, 0.15) is 57.2 Å². The molecule has 5 heteroatoms. The van der Waals surface area contributed by atoms with Crippen molar-refractivity contribution in [1.29, 1.82) is 0 Å². The lowest BCUT2D eigenvalue weighted by Gasteiger charge is -2.34. The van der Waals surface area contributed by atoms with Crippen LogP contribution >= 0.6 is 0 Å². The summed E-state index contributed by atoms with van der Waals surface area (Å²) in [6.45, 7) is 6.79. The maximum absolute atomic E-state index is 5.68. The molecule has 0 saturated carbocycles. The van der Waals surface area contributed by atoms with E-state index in [0.29, 0.717) is 12.0 Å². The van der Waals surface area contributed by atoms with E-state index < -0.39 is 0 Å². The van der Waals surface area contributed by atoms with Crippen LogP contribution in [0.3, 0.4) is 0 Å². The molecule has 1 aromatic heterocycles. The van der Waals surface area contributed by atoms with Crippen LogP contribution in [0.4, 0.5) is 0 Å². The summed E-state index contributed by atoms with van der Waals surface area (Å²) in [5.74, 6) is 1.86. The molecule has 1 aliphatic heterocycles. The van der Waals surface area contributed by atoms with E-state index in [9.17, 15) is 0 Å². The highest BCUT2D eigenvalue weighted by Gasteiger charge is 2.23. The summed E-state index contributed by atoms with van der Waals surface area (Å²) in [7, 11) is 0. The third-order valence-electron chi connectivity index (χ3n) is 3.59. The van der Waals surface area contributed by atoms with E-state index in [4.69, 9.17) is 10.3 Å². The van der Waals surface area contributed by atoms with E-state index in [1.54, 1.807) is 0 Å². The van der Waals surface area contributed by atoms with Gasteiger partial charge in [0.2, 0.25) is 5.89 Å². The quantitative estimate of drug-likeness (QED) is 0.866. The molecule has 5 nitrogen and oxygen atoms in total. The predicted octanol–water partition coefficient (Wildman–Crippen LogP) is 1.90. The van der Waals surface area contributed by atoms with Crippen LogP contribution in [-0.2, 0) is 6.54 Å². The van der Waals surface area contributed by atoms with E-state index in [1.807, 2.05) is 0 Å². The Bertz CT molecular complexity index is 362. The van der Waals surface area contributed by atoms with Gasteiger partial charge in [-0.05, 0) is 32.4 Å². The van der Waals surface area contributed by atoms with Crippen molar-refractivity contribution in [2.24, 2.45) is 5.73 Å². The first-order chi connectivity index (χ1) is 8.70. The summed E-state index contributed by atoms with van der Waals surface area (Å²) in [6, 6.07) is 0.582. The summed E-state index contributed by atoms with van der Waals surface area (Å²) in [6.07, 6.45) is 4.86. The average molecular weight is 252 g/mol. The Morgan fingerprint density at radius 2 is 2.28 bits per heavy atom. The largest absolute Gasteiger partial charge is 0.338 e. The normalized spacial score (nSPS) is 21.7. The second-order valence-electron chi connectivity index (χ2n) is 5.40. The van der Waals surface area contributed by atoms with Gasteiger partial charge in [0.05, 0.1) is 6.54 Å². The van der Waals surface area contributed by atoms with E-state index in [1.165, 1.54) is 19.3 Å². The van der Waals surface area contributed by atoms with Gasteiger partial charge in [0, 0.05) is 12.0 Å². The zero-order chi connectivity index (χ0) is 13.0. The summed E-state index contributed by atoms with van der Waals surface area (Å²) >= 11 is 0. The van der Waals surface area contributed by atoms with Gasteiger partial charge in [0.25, 0.3) is 0 Å². The Hall–Kier alpha value is -0.940. The average Bonchev–Trinajstić information content (AvgIpc) is 2.81. The summed E-state index contributed by atoms with van der Waals surface area (Å²) in [5, 5.41) is 4.01. The predicted molar refractivity (Wildman–Crippen MR) is 70.1 cm³/mol. The van der Waals surface area contributed by atoms with Gasteiger partial charge in [-0.2, -0.15) is 4.98 Å². The molecule has 1 saturated heterocycles. The smallest absolute Gasteiger partial charge is 0.240 e. The number of aromatic nitrogens is 2. The first-order valence-corrected chi connectivity index (χ1v) is 6.97. The fourth-order valence-corrected chi connectivity index (χ4v) is 2.53. The molecule has 0 amide bonds. The van der Waals surface area contributed by atoms with Crippen molar-refractivity contribution in [3.63, 3.8) is 0 Å². The fourth-order valence-electron chi connectivity index (χ4n) is 2.53. The molecular formula is C13H24N4O. The molecule has 2 N–H and O–H groups in total. The lowest BCUT2D eigenvalue weighted by atomic mass is 9.99. The van der Waals surface area contributed by atoms with Crippen molar-refractivity contribution in [3.05, 3.63) is 11.7 Å². The molecule has 0 bridgehead atoms. The molecule has 2 rings (SSSR count). The Morgan fingerprint density at radius 1 is 1.44 bits per heavy atom. The van der Waals surface area contributed by atoms with Gasteiger partial charge < -0.3 is 10.3 Å². The molecule has 1 atom stereocenters. The minimum atomic E-state index is 0.323. The van der Waals surface area contributed by atoms with Crippen molar-refractivity contribution in [2.45, 2.75) is 58.0 Å². The minimum Gasteiger partial charge on any atom is -0.338 e. The lowest BCUT2D eigenvalue weighted by molar-refractivity contribution is 0.118. The summed E-state index contributed by atoms with van der Waals surface area (Å²) in [5.41, 5.74) is 5.68. The number of rotatable bonds is 5. The van der Waals surface area contributed by atoms with Gasteiger partial charge in [-0.15, -0.1) is 0 Å². The highest BCUT2D eigenvalue weighted by molar-refractivity contribution is 4.92. The van der Waals surface area contributed by atoms with E-state index >= 15 is 0 Å². The van der Waals surface area contributed by atoms with Crippen LogP contribution in [-0.4, -0.2) is 34.2 Å². The van der Waals surface area contributed by atoms with Gasteiger partial charge in [-0.3, -0.25) is 4.90 Å². The van der Waals surface area contributed by atoms with E-state index in [2.05, 4.69) is 28.9 Å². The molecular weight excluding hydrogens is 228 g/mol. The van der Waals surface area contributed by atoms with Gasteiger partial charge in [-0.1, -0.05) is 25.4 Å². The molecule has 1 aliphatic rings. The third kappa shape index (κ3) is 3.29. The molecule has 1 aromatic rings. The maximum atomic E-state index is 5.68. The lowest BCUT2D eigenvalue weighted by Crippen LogP contribution is -2.40. The van der Waals surface area contributed by atoms with Gasteiger partial charge in [0.1, 0.15) is 0 Å². The van der Waals surface area contributed by atoms with Crippen LogP contribution in [0.5, 0.6) is 0 Å². The van der Waals surface area contributed by atoms with Crippen molar-refractivity contribution in [1.82, 2.24) is 15.0 Å². The molecule has 0 radical (unpaired) electrons. The first kappa shape index (κ1) is 13.5. The highest BCUT2D eigenvalue weighted by atomic mass is 16.5. The van der Waals surface area contributed by atoms with Crippen molar-refractivity contribution < 1.29 is 4.52 Å². The standard InChI is InChI=1S/C13H24N4O/c1-10(2)13-15-12(18-16-13)9-17-8-4-3-5-11(17)6-7-14/h10-11H,3-9,14H2,1-2H3. The molecule has 102 valence electrons. The third-order valence-corrected chi connectivity index (χ3v) is 3.59. The Kier molecular flexibility index (Phi) is 4.72. The number of hydrogen-bond acceptors (Lipinski definition) is 5.